The third-order valence-corrected chi connectivity index (χ3v) is 3.67. The second kappa shape index (κ2) is 6.47. The summed E-state index contributed by atoms with van der Waals surface area (Å²) in [6, 6.07) is 5.08. The van der Waals surface area contributed by atoms with Crippen LogP contribution in [0.15, 0.2) is 27.1 Å². The minimum absolute atomic E-state index is 0.191. The number of amides is 1. The summed E-state index contributed by atoms with van der Waals surface area (Å²) < 4.78 is 1.63. The standard InChI is InChI=1S/C11H12Br2N2OS/c1-2-9(10(14)17)15-11(16)7-4-3-6(12)5-8(7)13/h3-5,9H,2H2,1H3,(H2,14,17)(H,15,16). The van der Waals surface area contributed by atoms with Crippen molar-refractivity contribution >= 4 is 55.0 Å². The molecule has 0 aliphatic heterocycles. The van der Waals surface area contributed by atoms with Crippen LogP contribution in [-0.4, -0.2) is 16.9 Å². The lowest BCUT2D eigenvalue weighted by atomic mass is 10.1. The van der Waals surface area contributed by atoms with Crippen LogP contribution in [-0.2, 0) is 0 Å². The highest BCUT2D eigenvalue weighted by atomic mass is 79.9. The molecule has 0 spiro atoms. The van der Waals surface area contributed by atoms with E-state index < -0.39 is 0 Å². The van der Waals surface area contributed by atoms with Gasteiger partial charge >= 0.3 is 0 Å². The molecule has 1 aromatic carbocycles. The van der Waals surface area contributed by atoms with Crippen molar-refractivity contribution in [1.82, 2.24) is 5.32 Å². The maximum Gasteiger partial charge on any atom is 0.252 e. The molecule has 1 unspecified atom stereocenters. The highest BCUT2D eigenvalue weighted by molar-refractivity contribution is 9.11. The van der Waals surface area contributed by atoms with E-state index in [1.807, 2.05) is 13.0 Å². The van der Waals surface area contributed by atoms with Crippen LogP contribution in [0.1, 0.15) is 23.7 Å². The largest absolute Gasteiger partial charge is 0.392 e. The predicted molar refractivity (Wildman–Crippen MR) is 80.2 cm³/mol. The minimum Gasteiger partial charge on any atom is -0.392 e. The molecule has 1 amide bonds. The highest BCUT2D eigenvalue weighted by Gasteiger charge is 2.16. The normalized spacial score (nSPS) is 11.9. The van der Waals surface area contributed by atoms with Crippen LogP contribution in [0.4, 0.5) is 0 Å². The Morgan fingerprint density at radius 1 is 1.53 bits per heavy atom. The summed E-state index contributed by atoms with van der Waals surface area (Å²) in [6.07, 6.45) is 0.676. The monoisotopic (exact) mass is 378 g/mol. The molecule has 0 aliphatic carbocycles. The Balaban J connectivity index is 2.86. The summed E-state index contributed by atoms with van der Waals surface area (Å²) in [5, 5.41) is 2.79. The first-order chi connectivity index (χ1) is 7.95. The van der Waals surface area contributed by atoms with Gasteiger partial charge in [0.1, 0.15) is 0 Å². The molecule has 3 N–H and O–H groups in total. The number of rotatable bonds is 4. The SMILES string of the molecule is CCC(NC(=O)c1ccc(Br)cc1Br)C(N)=S. The number of nitrogens with two attached hydrogens (primary N) is 1. The van der Waals surface area contributed by atoms with Gasteiger partial charge in [0, 0.05) is 8.95 Å². The molecule has 0 aliphatic rings. The van der Waals surface area contributed by atoms with Crippen molar-refractivity contribution < 1.29 is 4.79 Å². The Bertz CT molecular complexity index is 451. The average Bonchev–Trinajstić information content (AvgIpc) is 2.24. The predicted octanol–water partition coefficient (Wildman–Crippen LogP) is 3.01. The van der Waals surface area contributed by atoms with Gasteiger partial charge in [-0.15, -0.1) is 0 Å². The first kappa shape index (κ1) is 14.6. The Hall–Kier alpha value is -0.460. The summed E-state index contributed by atoms with van der Waals surface area (Å²) in [6.45, 7) is 1.92. The van der Waals surface area contributed by atoms with E-state index in [9.17, 15) is 4.79 Å². The molecular weight excluding hydrogens is 368 g/mol. The molecule has 0 aromatic heterocycles. The summed E-state index contributed by atoms with van der Waals surface area (Å²) >= 11 is 11.6. The van der Waals surface area contributed by atoms with Gasteiger partial charge in [0.25, 0.3) is 5.91 Å². The molecule has 1 aromatic rings. The Morgan fingerprint density at radius 3 is 2.65 bits per heavy atom. The molecule has 1 rings (SSSR count). The van der Waals surface area contributed by atoms with Crippen molar-refractivity contribution in [1.29, 1.82) is 0 Å². The maximum absolute atomic E-state index is 12.0. The smallest absolute Gasteiger partial charge is 0.252 e. The fourth-order valence-corrected chi connectivity index (χ4v) is 2.74. The van der Waals surface area contributed by atoms with Gasteiger partial charge in [-0.2, -0.15) is 0 Å². The molecule has 3 nitrogen and oxygen atoms in total. The number of benzene rings is 1. The second-order valence-electron chi connectivity index (χ2n) is 3.46. The number of nitrogens with one attached hydrogen (secondary N) is 1. The fourth-order valence-electron chi connectivity index (χ4n) is 1.28. The fraction of sp³-hybridized carbons (Fsp3) is 0.273. The Morgan fingerprint density at radius 2 is 2.18 bits per heavy atom. The van der Waals surface area contributed by atoms with Crippen LogP contribution in [0.25, 0.3) is 0 Å². The Kier molecular flexibility index (Phi) is 5.55. The molecular formula is C11H12Br2N2OS. The van der Waals surface area contributed by atoms with Gasteiger partial charge in [-0.1, -0.05) is 35.1 Å². The van der Waals surface area contributed by atoms with E-state index in [1.165, 1.54) is 0 Å². The van der Waals surface area contributed by atoms with Crippen LogP contribution in [0, 0.1) is 0 Å². The summed E-state index contributed by atoms with van der Waals surface area (Å²) in [7, 11) is 0. The van der Waals surface area contributed by atoms with E-state index in [4.69, 9.17) is 18.0 Å². The van der Waals surface area contributed by atoms with Crippen LogP contribution >= 0.6 is 44.1 Å². The quantitative estimate of drug-likeness (QED) is 0.790. The Labute approximate surface area is 122 Å². The molecule has 0 saturated heterocycles. The first-order valence-electron chi connectivity index (χ1n) is 5.01. The van der Waals surface area contributed by atoms with Gasteiger partial charge < -0.3 is 11.1 Å². The molecule has 0 radical (unpaired) electrons. The van der Waals surface area contributed by atoms with E-state index in [0.717, 1.165) is 8.95 Å². The zero-order valence-electron chi connectivity index (χ0n) is 9.17. The zero-order valence-corrected chi connectivity index (χ0v) is 13.2. The van der Waals surface area contributed by atoms with Crippen molar-refractivity contribution in [3.8, 4) is 0 Å². The van der Waals surface area contributed by atoms with Crippen molar-refractivity contribution in [2.45, 2.75) is 19.4 Å². The van der Waals surface area contributed by atoms with E-state index in [2.05, 4.69) is 37.2 Å². The maximum atomic E-state index is 12.0. The molecule has 1 atom stereocenters. The molecule has 0 fully saturated rings. The van der Waals surface area contributed by atoms with Gasteiger partial charge in [0.15, 0.2) is 0 Å². The highest BCUT2D eigenvalue weighted by Crippen LogP contribution is 2.21. The lowest BCUT2D eigenvalue weighted by molar-refractivity contribution is 0.0945. The van der Waals surface area contributed by atoms with Crippen LogP contribution in [0.2, 0.25) is 0 Å². The number of carbonyl (C=O) groups is 1. The molecule has 6 heteroatoms. The van der Waals surface area contributed by atoms with E-state index in [0.29, 0.717) is 17.0 Å². The number of halogens is 2. The van der Waals surface area contributed by atoms with E-state index in [1.54, 1.807) is 12.1 Å². The minimum atomic E-state index is -0.270. The number of carbonyl (C=O) groups excluding carboxylic acids is 1. The summed E-state index contributed by atoms with van der Waals surface area (Å²) in [4.78, 5) is 12.3. The van der Waals surface area contributed by atoms with Gasteiger partial charge in [0.05, 0.1) is 16.6 Å². The molecule has 0 bridgehead atoms. The average molecular weight is 380 g/mol. The lowest BCUT2D eigenvalue weighted by Crippen LogP contribution is -2.43. The van der Waals surface area contributed by atoms with Crippen molar-refractivity contribution in [3.63, 3.8) is 0 Å². The van der Waals surface area contributed by atoms with E-state index >= 15 is 0 Å². The van der Waals surface area contributed by atoms with Gasteiger partial charge in [-0.25, -0.2) is 0 Å². The topological polar surface area (TPSA) is 55.1 Å². The van der Waals surface area contributed by atoms with Gasteiger partial charge in [0.2, 0.25) is 0 Å². The zero-order chi connectivity index (χ0) is 13.0. The third kappa shape index (κ3) is 4.04. The van der Waals surface area contributed by atoms with Gasteiger partial charge in [-0.3, -0.25) is 4.79 Å². The van der Waals surface area contributed by atoms with Crippen molar-refractivity contribution in [2.75, 3.05) is 0 Å². The number of hydrogen-bond acceptors (Lipinski definition) is 2. The van der Waals surface area contributed by atoms with Crippen molar-refractivity contribution in [3.05, 3.63) is 32.7 Å². The third-order valence-electron chi connectivity index (χ3n) is 2.23. The van der Waals surface area contributed by atoms with Crippen LogP contribution in [0.5, 0.6) is 0 Å². The molecule has 0 saturated carbocycles. The first-order valence-corrected chi connectivity index (χ1v) is 7.00. The molecule has 17 heavy (non-hydrogen) atoms. The number of thiocarbonyl (C=S) groups is 1. The lowest BCUT2D eigenvalue weighted by Gasteiger charge is -2.15. The number of hydrogen-bond donors (Lipinski definition) is 2. The van der Waals surface area contributed by atoms with Crippen LogP contribution < -0.4 is 11.1 Å². The van der Waals surface area contributed by atoms with E-state index in [-0.39, 0.29) is 11.9 Å². The van der Waals surface area contributed by atoms with Gasteiger partial charge in [-0.05, 0) is 40.5 Å². The van der Waals surface area contributed by atoms with Crippen molar-refractivity contribution in [2.24, 2.45) is 5.73 Å². The molecule has 0 heterocycles. The molecule has 92 valence electrons. The summed E-state index contributed by atoms with van der Waals surface area (Å²) in [5.41, 5.74) is 6.09. The van der Waals surface area contributed by atoms with Crippen LogP contribution in [0.3, 0.4) is 0 Å². The second-order valence-corrected chi connectivity index (χ2v) is 5.70. The summed E-state index contributed by atoms with van der Waals surface area (Å²) in [5.74, 6) is -0.191.